The first-order chi connectivity index (χ1) is 40.7. The van der Waals surface area contributed by atoms with Gasteiger partial charge in [0.2, 0.25) is 0 Å². The minimum absolute atomic E-state index is 0.00973. The predicted octanol–water partition coefficient (Wildman–Crippen LogP) is 7.75. The van der Waals surface area contributed by atoms with Gasteiger partial charge in [0.25, 0.3) is 10.1 Å². The Hall–Kier alpha value is -4.01. The number of ether oxygens (including phenoxy) is 16. The fourth-order valence-corrected chi connectivity index (χ4v) is 8.53. The zero-order valence-corrected chi connectivity index (χ0v) is 50.7. The maximum atomic E-state index is 10.8. The molecule has 4 rings (SSSR count). The van der Waals surface area contributed by atoms with Crippen molar-refractivity contribution >= 4 is 10.1 Å². The molecule has 0 aliphatic heterocycles. The highest BCUT2D eigenvalue weighted by Crippen LogP contribution is 2.42. The molecule has 0 fully saturated rings. The van der Waals surface area contributed by atoms with E-state index in [9.17, 15) is 8.42 Å². The van der Waals surface area contributed by atoms with Crippen LogP contribution < -0.4 is 4.74 Å². The first-order valence-corrected chi connectivity index (χ1v) is 31.0. The van der Waals surface area contributed by atoms with Gasteiger partial charge < -0.3 is 75.8 Å². The molecule has 0 bridgehead atoms. The van der Waals surface area contributed by atoms with Gasteiger partial charge >= 0.3 is 0 Å². The summed E-state index contributed by atoms with van der Waals surface area (Å²) in [7, 11) is -3.44. The second kappa shape index (κ2) is 48.1. The van der Waals surface area contributed by atoms with Gasteiger partial charge in [0, 0.05) is 28.9 Å². The molecule has 0 heterocycles. The molecule has 83 heavy (non-hydrogen) atoms. The zero-order valence-electron chi connectivity index (χ0n) is 49.8. The molecule has 0 aromatic heterocycles. The highest BCUT2D eigenvalue weighted by molar-refractivity contribution is 7.85. The highest BCUT2D eigenvalue weighted by Gasteiger charge is 2.25. The third-order valence-corrected chi connectivity index (χ3v) is 13.3. The van der Waals surface area contributed by atoms with E-state index >= 15 is 0 Å². The van der Waals surface area contributed by atoms with Crippen LogP contribution in [0.25, 0.3) is 0 Å². The van der Waals surface area contributed by atoms with Crippen LogP contribution >= 0.6 is 0 Å². The van der Waals surface area contributed by atoms with Crippen LogP contribution in [-0.2, 0) is 85.4 Å². The molecule has 19 nitrogen and oxygen atoms in total. The maximum Gasteiger partial charge on any atom is 0.264 e. The predicted molar refractivity (Wildman–Crippen MR) is 317 cm³/mol. The smallest absolute Gasteiger partial charge is 0.264 e. The quantitative estimate of drug-likeness (QED) is 0.0308. The van der Waals surface area contributed by atoms with Gasteiger partial charge in [-0.05, 0) is 22.3 Å². The van der Waals surface area contributed by atoms with Crippen LogP contribution in [0.15, 0.2) is 103 Å². The Kier molecular flexibility index (Phi) is 41.5. The molecule has 0 saturated heterocycles. The summed E-state index contributed by atoms with van der Waals surface area (Å²) >= 11 is 0. The minimum atomic E-state index is -3.44. The number of hydrogen-bond donors (Lipinski definition) is 0. The SMILES string of the molecule is CC(c1ccccc1)c1cc(C(C)c2ccccc2)c(OCCOCCOCCOCCOCCOCCOCCOCCOCCOCCOCCOCCOCCOCCOCCOCCOS(C)(=O)=O)c(C(C)c2ccccc2)c1. The van der Waals surface area contributed by atoms with Crippen molar-refractivity contribution in [1.82, 2.24) is 0 Å². The molecule has 4 aromatic rings. The van der Waals surface area contributed by atoms with Crippen molar-refractivity contribution in [2.75, 3.05) is 218 Å². The zero-order chi connectivity index (χ0) is 58.9. The molecule has 0 aliphatic rings. The number of benzene rings is 4. The highest BCUT2D eigenvalue weighted by atomic mass is 32.2. The lowest BCUT2D eigenvalue weighted by Gasteiger charge is -2.26. The number of rotatable bonds is 56. The van der Waals surface area contributed by atoms with Crippen molar-refractivity contribution < 1.29 is 88.4 Å². The van der Waals surface area contributed by atoms with Crippen molar-refractivity contribution in [3.63, 3.8) is 0 Å². The van der Waals surface area contributed by atoms with Crippen LogP contribution in [0.5, 0.6) is 5.75 Å². The molecule has 20 heteroatoms. The summed E-state index contributed by atoms with van der Waals surface area (Å²) in [6.07, 6.45) is 0.996. The first-order valence-electron chi connectivity index (χ1n) is 29.2. The lowest BCUT2D eigenvalue weighted by Crippen LogP contribution is -2.16. The normalized spacial score (nSPS) is 12.9. The standard InChI is InChI=1S/C63H96O19S/c1-54(57-14-8-5-9-15-57)60-52-61(55(2)58-16-10-6-11-17-58)63(62(53-60)56(3)59-18-12-7-13-19-59)81-50-48-79-46-44-77-42-40-75-38-36-73-34-32-71-30-28-69-26-24-67-22-20-66-21-23-68-25-27-70-29-31-72-33-35-74-37-39-76-41-43-78-45-47-80-49-51-82-83(4,64)65/h5-19,52-56H,20-51H2,1-4H3. The Morgan fingerprint density at radius 3 is 0.711 bits per heavy atom. The Bertz CT molecular complexity index is 2160. The molecule has 0 amide bonds. The summed E-state index contributed by atoms with van der Waals surface area (Å²) in [5.41, 5.74) is 7.40. The Morgan fingerprint density at radius 1 is 0.277 bits per heavy atom. The largest absolute Gasteiger partial charge is 0.491 e. The van der Waals surface area contributed by atoms with E-state index in [2.05, 4.69) is 128 Å². The van der Waals surface area contributed by atoms with E-state index in [1.807, 2.05) is 0 Å². The summed E-state index contributed by atoms with van der Waals surface area (Å²) in [4.78, 5) is 0. The average Bonchev–Trinajstić information content (AvgIpc) is 3.28. The van der Waals surface area contributed by atoms with Crippen LogP contribution in [0, 0.1) is 0 Å². The van der Waals surface area contributed by atoms with Gasteiger partial charge in [-0.25, -0.2) is 0 Å². The monoisotopic (exact) mass is 1190 g/mol. The topological polar surface area (TPSA) is 191 Å². The van der Waals surface area contributed by atoms with Gasteiger partial charge in [-0.15, -0.1) is 0 Å². The molecule has 0 aliphatic carbocycles. The third kappa shape index (κ3) is 35.3. The number of hydrogen-bond acceptors (Lipinski definition) is 19. The van der Waals surface area contributed by atoms with Gasteiger partial charge in [0.15, 0.2) is 0 Å². The van der Waals surface area contributed by atoms with Crippen molar-refractivity contribution in [1.29, 1.82) is 0 Å². The van der Waals surface area contributed by atoms with Crippen molar-refractivity contribution in [2.24, 2.45) is 0 Å². The van der Waals surface area contributed by atoms with E-state index in [4.69, 9.17) is 75.8 Å². The molecule has 3 atom stereocenters. The van der Waals surface area contributed by atoms with Gasteiger partial charge in [0.05, 0.1) is 211 Å². The lowest BCUT2D eigenvalue weighted by atomic mass is 9.81. The summed E-state index contributed by atoms with van der Waals surface area (Å²) in [6, 6.07) is 36.7. The van der Waals surface area contributed by atoms with Gasteiger partial charge in [-0.2, -0.15) is 8.42 Å². The fourth-order valence-electron chi connectivity index (χ4n) is 8.16. The van der Waals surface area contributed by atoms with E-state index < -0.39 is 10.1 Å². The van der Waals surface area contributed by atoms with E-state index in [-0.39, 0.29) is 31.0 Å². The van der Waals surface area contributed by atoms with E-state index in [1.54, 1.807) is 0 Å². The molecular formula is C63H96O19S. The Morgan fingerprint density at radius 2 is 0.482 bits per heavy atom. The second-order valence-corrected chi connectivity index (χ2v) is 20.6. The fraction of sp³-hybridized carbons (Fsp3) is 0.619. The van der Waals surface area contributed by atoms with Gasteiger partial charge in [-0.1, -0.05) is 124 Å². The van der Waals surface area contributed by atoms with E-state index in [0.29, 0.717) is 198 Å². The minimum Gasteiger partial charge on any atom is -0.491 e. The summed E-state index contributed by atoms with van der Waals surface area (Å²) in [5, 5.41) is 0. The summed E-state index contributed by atoms with van der Waals surface area (Å²) < 4.78 is 116. The van der Waals surface area contributed by atoms with Crippen LogP contribution in [0.4, 0.5) is 0 Å². The molecule has 0 N–H and O–H groups in total. The Labute approximate surface area is 495 Å². The van der Waals surface area contributed by atoms with Crippen LogP contribution in [-0.4, -0.2) is 226 Å². The van der Waals surface area contributed by atoms with Gasteiger partial charge in [-0.3, -0.25) is 4.18 Å². The molecule has 4 aromatic carbocycles. The Balaban J connectivity index is 0.864. The average molecular weight is 1190 g/mol. The summed E-state index contributed by atoms with van der Waals surface area (Å²) in [5.74, 6) is 1.37. The van der Waals surface area contributed by atoms with Gasteiger partial charge in [0.1, 0.15) is 12.4 Å². The van der Waals surface area contributed by atoms with Crippen LogP contribution in [0.3, 0.4) is 0 Å². The van der Waals surface area contributed by atoms with E-state index in [1.165, 1.54) is 33.4 Å². The van der Waals surface area contributed by atoms with Crippen LogP contribution in [0.1, 0.15) is 71.9 Å². The molecule has 0 radical (unpaired) electrons. The van der Waals surface area contributed by atoms with Crippen LogP contribution in [0.2, 0.25) is 0 Å². The second-order valence-electron chi connectivity index (χ2n) is 19.0. The van der Waals surface area contributed by atoms with Crippen molar-refractivity contribution in [3.8, 4) is 5.75 Å². The first kappa shape index (κ1) is 71.5. The molecule has 0 saturated carbocycles. The van der Waals surface area contributed by atoms with Crippen molar-refractivity contribution in [2.45, 2.75) is 38.5 Å². The molecule has 0 spiro atoms. The van der Waals surface area contributed by atoms with Crippen molar-refractivity contribution in [3.05, 3.63) is 137 Å². The summed E-state index contributed by atoms with van der Waals surface area (Å²) in [6.45, 7) is 20.8. The maximum absolute atomic E-state index is 10.8. The molecule has 3 unspecified atom stereocenters. The molecule has 468 valence electrons. The lowest BCUT2D eigenvalue weighted by molar-refractivity contribution is -0.0302. The van der Waals surface area contributed by atoms with E-state index in [0.717, 1.165) is 12.0 Å². The third-order valence-electron chi connectivity index (χ3n) is 12.7. The molecular weight excluding hydrogens is 1090 g/mol.